The summed E-state index contributed by atoms with van der Waals surface area (Å²) in [6.45, 7) is 8.78. The third kappa shape index (κ3) is 3.73. The van der Waals surface area contributed by atoms with Crippen LogP contribution < -0.4 is 10.1 Å². The molecule has 1 aliphatic rings. The topological polar surface area (TPSA) is 21.3 Å². The SMILES string of the molecule is CCCNC(CC(C)CC)c1ccc2c(c1)CCO2. The third-order valence-corrected chi connectivity index (χ3v) is 4.09. The molecule has 0 aliphatic carbocycles. The van der Waals surface area contributed by atoms with Crippen LogP contribution in [-0.2, 0) is 6.42 Å². The van der Waals surface area contributed by atoms with Gasteiger partial charge < -0.3 is 10.1 Å². The Kier molecular flexibility index (Phi) is 5.26. The van der Waals surface area contributed by atoms with Crippen molar-refractivity contribution >= 4 is 0 Å². The molecule has 2 heteroatoms. The Labute approximate surface area is 117 Å². The summed E-state index contributed by atoms with van der Waals surface area (Å²) in [7, 11) is 0. The Morgan fingerprint density at radius 3 is 2.89 bits per heavy atom. The van der Waals surface area contributed by atoms with Gasteiger partial charge in [0.25, 0.3) is 0 Å². The van der Waals surface area contributed by atoms with E-state index in [1.54, 1.807) is 0 Å². The molecule has 0 saturated heterocycles. The number of rotatable bonds is 7. The van der Waals surface area contributed by atoms with Gasteiger partial charge in [0.2, 0.25) is 0 Å². The quantitative estimate of drug-likeness (QED) is 0.798. The fourth-order valence-electron chi connectivity index (χ4n) is 2.65. The summed E-state index contributed by atoms with van der Waals surface area (Å²) in [6.07, 6.45) is 4.71. The van der Waals surface area contributed by atoms with Crippen molar-refractivity contribution in [3.63, 3.8) is 0 Å². The first-order valence-corrected chi connectivity index (χ1v) is 7.73. The number of ether oxygens (including phenoxy) is 1. The van der Waals surface area contributed by atoms with Crippen molar-refractivity contribution in [1.82, 2.24) is 5.32 Å². The fourth-order valence-corrected chi connectivity index (χ4v) is 2.65. The van der Waals surface area contributed by atoms with Crippen LogP contribution in [0.5, 0.6) is 5.75 Å². The van der Waals surface area contributed by atoms with E-state index in [9.17, 15) is 0 Å². The molecule has 0 amide bonds. The summed E-state index contributed by atoms with van der Waals surface area (Å²) >= 11 is 0. The van der Waals surface area contributed by atoms with E-state index >= 15 is 0 Å². The van der Waals surface area contributed by atoms with E-state index in [4.69, 9.17) is 4.74 Å². The lowest BCUT2D eigenvalue weighted by molar-refractivity contribution is 0.356. The van der Waals surface area contributed by atoms with Gasteiger partial charge in [0.1, 0.15) is 5.75 Å². The summed E-state index contributed by atoms with van der Waals surface area (Å²) in [5.41, 5.74) is 2.81. The second-order valence-electron chi connectivity index (χ2n) is 5.72. The van der Waals surface area contributed by atoms with Crippen molar-refractivity contribution in [2.45, 2.75) is 52.5 Å². The average molecular weight is 261 g/mol. The van der Waals surface area contributed by atoms with Gasteiger partial charge >= 0.3 is 0 Å². The predicted octanol–water partition coefficient (Wildman–Crippen LogP) is 4.10. The summed E-state index contributed by atoms with van der Waals surface area (Å²) in [4.78, 5) is 0. The molecular formula is C17H27NO. The van der Waals surface area contributed by atoms with Crippen LogP contribution in [0.15, 0.2) is 18.2 Å². The molecule has 106 valence electrons. The third-order valence-electron chi connectivity index (χ3n) is 4.09. The van der Waals surface area contributed by atoms with Crippen LogP contribution in [0.2, 0.25) is 0 Å². The molecule has 1 N–H and O–H groups in total. The molecule has 0 fully saturated rings. The van der Waals surface area contributed by atoms with E-state index in [0.29, 0.717) is 6.04 Å². The molecule has 2 unspecified atom stereocenters. The minimum Gasteiger partial charge on any atom is -0.493 e. The maximum Gasteiger partial charge on any atom is 0.122 e. The highest BCUT2D eigenvalue weighted by Crippen LogP contribution is 2.30. The van der Waals surface area contributed by atoms with E-state index in [2.05, 4.69) is 44.3 Å². The molecule has 1 aliphatic heterocycles. The van der Waals surface area contributed by atoms with Gasteiger partial charge in [-0.15, -0.1) is 0 Å². The predicted molar refractivity (Wildman–Crippen MR) is 80.7 cm³/mol. The lowest BCUT2D eigenvalue weighted by atomic mass is 9.93. The van der Waals surface area contributed by atoms with Gasteiger partial charge in [0.15, 0.2) is 0 Å². The zero-order chi connectivity index (χ0) is 13.7. The van der Waals surface area contributed by atoms with Crippen molar-refractivity contribution in [1.29, 1.82) is 0 Å². The molecule has 2 rings (SSSR count). The molecular weight excluding hydrogens is 234 g/mol. The summed E-state index contributed by atoms with van der Waals surface area (Å²) in [6, 6.07) is 7.22. The number of hydrogen-bond donors (Lipinski definition) is 1. The highest BCUT2D eigenvalue weighted by Gasteiger charge is 2.18. The number of benzene rings is 1. The van der Waals surface area contributed by atoms with Gasteiger partial charge in [0, 0.05) is 12.5 Å². The van der Waals surface area contributed by atoms with Crippen molar-refractivity contribution in [3.05, 3.63) is 29.3 Å². The normalized spacial score (nSPS) is 16.8. The van der Waals surface area contributed by atoms with Crippen LogP contribution in [0, 0.1) is 5.92 Å². The molecule has 1 aromatic rings. The van der Waals surface area contributed by atoms with Gasteiger partial charge in [-0.25, -0.2) is 0 Å². The molecule has 0 bridgehead atoms. The van der Waals surface area contributed by atoms with Crippen LogP contribution in [0.3, 0.4) is 0 Å². The second-order valence-corrected chi connectivity index (χ2v) is 5.72. The van der Waals surface area contributed by atoms with Crippen molar-refractivity contribution in [3.8, 4) is 5.75 Å². The van der Waals surface area contributed by atoms with Gasteiger partial charge in [-0.05, 0) is 42.5 Å². The molecule has 0 radical (unpaired) electrons. The zero-order valence-electron chi connectivity index (χ0n) is 12.5. The maximum absolute atomic E-state index is 5.60. The monoisotopic (exact) mass is 261 g/mol. The van der Waals surface area contributed by atoms with Crippen molar-refractivity contribution in [2.24, 2.45) is 5.92 Å². The highest BCUT2D eigenvalue weighted by molar-refractivity contribution is 5.40. The van der Waals surface area contributed by atoms with Crippen LogP contribution in [-0.4, -0.2) is 13.2 Å². The van der Waals surface area contributed by atoms with Crippen LogP contribution in [0.25, 0.3) is 0 Å². The van der Waals surface area contributed by atoms with Crippen LogP contribution in [0.4, 0.5) is 0 Å². The van der Waals surface area contributed by atoms with E-state index in [-0.39, 0.29) is 0 Å². The lowest BCUT2D eigenvalue weighted by Gasteiger charge is -2.22. The molecule has 0 spiro atoms. The largest absolute Gasteiger partial charge is 0.493 e. The Balaban J connectivity index is 2.12. The van der Waals surface area contributed by atoms with E-state index in [1.807, 2.05) is 0 Å². The molecule has 2 nitrogen and oxygen atoms in total. The first-order chi connectivity index (χ1) is 9.24. The summed E-state index contributed by atoms with van der Waals surface area (Å²) in [5.74, 6) is 1.85. The number of fused-ring (bicyclic) bond motifs is 1. The summed E-state index contributed by atoms with van der Waals surface area (Å²) in [5, 5.41) is 3.70. The lowest BCUT2D eigenvalue weighted by Crippen LogP contribution is -2.24. The molecule has 2 atom stereocenters. The smallest absolute Gasteiger partial charge is 0.122 e. The van der Waals surface area contributed by atoms with Gasteiger partial charge in [-0.2, -0.15) is 0 Å². The van der Waals surface area contributed by atoms with Crippen molar-refractivity contribution in [2.75, 3.05) is 13.2 Å². The molecule has 1 aromatic carbocycles. The second kappa shape index (κ2) is 6.95. The Hall–Kier alpha value is -1.02. The minimum atomic E-state index is 0.487. The van der Waals surface area contributed by atoms with Crippen molar-refractivity contribution < 1.29 is 4.74 Å². The Bertz CT molecular complexity index is 402. The van der Waals surface area contributed by atoms with Gasteiger partial charge in [-0.1, -0.05) is 39.3 Å². The summed E-state index contributed by atoms with van der Waals surface area (Å²) < 4.78 is 5.60. The van der Waals surface area contributed by atoms with Gasteiger partial charge in [-0.3, -0.25) is 0 Å². The Morgan fingerprint density at radius 2 is 2.16 bits per heavy atom. The molecule has 1 heterocycles. The number of hydrogen-bond acceptors (Lipinski definition) is 2. The first-order valence-electron chi connectivity index (χ1n) is 7.73. The standard InChI is InChI=1S/C17H27NO/c1-4-9-18-16(11-13(3)5-2)14-6-7-17-15(12-14)8-10-19-17/h6-7,12-13,16,18H,4-5,8-11H2,1-3H3. The van der Waals surface area contributed by atoms with E-state index in [0.717, 1.165) is 31.2 Å². The minimum absolute atomic E-state index is 0.487. The van der Waals surface area contributed by atoms with E-state index < -0.39 is 0 Å². The number of nitrogens with one attached hydrogen (secondary N) is 1. The van der Waals surface area contributed by atoms with Gasteiger partial charge in [0.05, 0.1) is 6.61 Å². The average Bonchev–Trinajstić information content (AvgIpc) is 2.90. The highest BCUT2D eigenvalue weighted by atomic mass is 16.5. The molecule has 0 saturated carbocycles. The molecule has 19 heavy (non-hydrogen) atoms. The fraction of sp³-hybridized carbons (Fsp3) is 0.647. The first kappa shape index (κ1) is 14.4. The van der Waals surface area contributed by atoms with Crippen LogP contribution in [0.1, 0.15) is 57.2 Å². The molecule has 0 aromatic heterocycles. The Morgan fingerprint density at radius 1 is 1.32 bits per heavy atom. The maximum atomic E-state index is 5.60. The zero-order valence-corrected chi connectivity index (χ0v) is 12.5. The van der Waals surface area contributed by atoms with E-state index in [1.165, 1.54) is 30.4 Å². The van der Waals surface area contributed by atoms with Crippen LogP contribution >= 0.6 is 0 Å².